The standard InChI is InChI=1S/C18H15N3O3/c1-11-4-5-15-13(7-11)17-14(10-23-15)16(21-24-17)18(22)20-9-12-3-2-6-19-8-12/h2-8H,9-10H2,1H3,(H,20,22). The first-order valence-corrected chi connectivity index (χ1v) is 7.62. The van der Waals surface area contributed by atoms with Gasteiger partial charge in [-0.3, -0.25) is 9.78 Å². The summed E-state index contributed by atoms with van der Waals surface area (Å²) in [4.78, 5) is 16.4. The molecule has 0 saturated heterocycles. The monoisotopic (exact) mass is 321 g/mol. The number of benzene rings is 1. The van der Waals surface area contributed by atoms with Crippen molar-refractivity contribution in [3.05, 3.63) is 65.1 Å². The molecule has 1 aliphatic rings. The maximum atomic E-state index is 12.4. The first-order valence-electron chi connectivity index (χ1n) is 7.62. The number of aromatic nitrogens is 2. The summed E-state index contributed by atoms with van der Waals surface area (Å²) in [7, 11) is 0. The summed E-state index contributed by atoms with van der Waals surface area (Å²) in [5.74, 6) is 1.06. The van der Waals surface area contributed by atoms with Crippen molar-refractivity contribution in [2.75, 3.05) is 0 Å². The molecule has 1 amide bonds. The Morgan fingerprint density at radius 2 is 2.25 bits per heavy atom. The zero-order valence-electron chi connectivity index (χ0n) is 13.1. The Morgan fingerprint density at radius 3 is 3.08 bits per heavy atom. The average molecular weight is 321 g/mol. The Hall–Kier alpha value is -3.15. The number of pyridine rings is 1. The first-order chi connectivity index (χ1) is 11.7. The van der Waals surface area contributed by atoms with Crippen LogP contribution < -0.4 is 10.1 Å². The van der Waals surface area contributed by atoms with Crippen LogP contribution in [0.2, 0.25) is 0 Å². The Labute approximate surface area is 138 Å². The Kier molecular flexibility index (Phi) is 3.49. The van der Waals surface area contributed by atoms with Crippen LogP contribution in [-0.2, 0) is 13.2 Å². The van der Waals surface area contributed by atoms with Gasteiger partial charge in [-0.25, -0.2) is 0 Å². The van der Waals surface area contributed by atoms with Crippen molar-refractivity contribution in [1.29, 1.82) is 0 Å². The van der Waals surface area contributed by atoms with Crippen molar-refractivity contribution < 1.29 is 14.1 Å². The van der Waals surface area contributed by atoms with Crippen LogP contribution in [0.15, 0.2) is 47.2 Å². The molecule has 0 unspecified atom stereocenters. The highest BCUT2D eigenvalue weighted by molar-refractivity contribution is 5.95. The second kappa shape index (κ2) is 5.81. The quantitative estimate of drug-likeness (QED) is 0.802. The van der Waals surface area contributed by atoms with Crippen LogP contribution in [-0.4, -0.2) is 16.0 Å². The maximum Gasteiger partial charge on any atom is 0.274 e. The van der Waals surface area contributed by atoms with Gasteiger partial charge in [0.1, 0.15) is 12.4 Å². The van der Waals surface area contributed by atoms with Crippen LogP contribution in [0.1, 0.15) is 27.2 Å². The third-order valence-corrected chi connectivity index (χ3v) is 3.93. The lowest BCUT2D eigenvalue weighted by atomic mass is 10.0. The van der Waals surface area contributed by atoms with E-state index in [0.717, 1.165) is 22.4 Å². The molecule has 120 valence electrons. The third-order valence-electron chi connectivity index (χ3n) is 3.93. The predicted octanol–water partition coefficient (Wildman–Crippen LogP) is 2.87. The molecule has 2 aromatic heterocycles. The van der Waals surface area contributed by atoms with Crippen molar-refractivity contribution in [3.63, 3.8) is 0 Å². The summed E-state index contributed by atoms with van der Waals surface area (Å²) >= 11 is 0. The molecule has 4 rings (SSSR count). The number of amides is 1. The van der Waals surface area contributed by atoms with E-state index in [1.807, 2.05) is 37.3 Å². The number of hydrogen-bond donors (Lipinski definition) is 1. The smallest absolute Gasteiger partial charge is 0.274 e. The SMILES string of the molecule is Cc1ccc2c(c1)-c1onc(C(=O)NCc3cccnc3)c1CO2. The number of carbonyl (C=O) groups is 1. The minimum Gasteiger partial charge on any atom is -0.488 e. The number of rotatable bonds is 3. The maximum absolute atomic E-state index is 12.4. The van der Waals surface area contributed by atoms with Gasteiger partial charge in [0, 0.05) is 18.9 Å². The summed E-state index contributed by atoms with van der Waals surface area (Å²) in [6.07, 6.45) is 3.40. The Bertz CT molecular complexity index is 903. The second-order valence-electron chi connectivity index (χ2n) is 5.67. The highest BCUT2D eigenvalue weighted by atomic mass is 16.5. The second-order valence-corrected chi connectivity index (χ2v) is 5.67. The van der Waals surface area contributed by atoms with Gasteiger partial charge in [0.15, 0.2) is 11.5 Å². The molecule has 3 heterocycles. The molecule has 0 atom stereocenters. The molecule has 1 aliphatic heterocycles. The Balaban J connectivity index is 1.59. The van der Waals surface area contributed by atoms with Gasteiger partial charge in [-0.15, -0.1) is 0 Å². The predicted molar refractivity (Wildman–Crippen MR) is 86.4 cm³/mol. The molecule has 0 fully saturated rings. The number of nitrogens with one attached hydrogen (secondary N) is 1. The minimum atomic E-state index is -0.288. The van der Waals surface area contributed by atoms with E-state index in [1.54, 1.807) is 12.4 Å². The van der Waals surface area contributed by atoms with Crippen LogP contribution in [0.25, 0.3) is 11.3 Å². The fraction of sp³-hybridized carbons (Fsp3) is 0.167. The van der Waals surface area contributed by atoms with E-state index in [1.165, 1.54) is 0 Å². The number of carbonyl (C=O) groups excluding carboxylic acids is 1. The number of fused-ring (bicyclic) bond motifs is 3. The van der Waals surface area contributed by atoms with E-state index in [0.29, 0.717) is 17.9 Å². The van der Waals surface area contributed by atoms with Crippen molar-refractivity contribution in [2.24, 2.45) is 0 Å². The van der Waals surface area contributed by atoms with Gasteiger partial charge in [0.05, 0.1) is 11.1 Å². The lowest BCUT2D eigenvalue weighted by Crippen LogP contribution is -2.25. The molecule has 0 spiro atoms. The highest BCUT2D eigenvalue weighted by Gasteiger charge is 2.28. The van der Waals surface area contributed by atoms with E-state index in [-0.39, 0.29) is 18.2 Å². The van der Waals surface area contributed by atoms with Gasteiger partial charge in [0.2, 0.25) is 0 Å². The molecule has 1 N–H and O–H groups in total. The molecule has 0 bridgehead atoms. The van der Waals surface area contributed by atoms with Gasteiger partial charge < -0.3 is 14.6 Å². The molecular weight excluding hydrogens is 306 g/mol. The molecule has 0 aliphatic carbocycles. The number of nitrogens with zero attached hydrogens (tertiary/aromatic N) is 2. The molecule has 1 aromatic carbocycles. The van der Waals surface area contributed by atoms with Crippen molar-refractivity contribution in [3.8, 4) is 17.1 Å². The summed E-state index contributed by atoms with van der Waals surface area (Å²) in [5.41, 5.74) is 3.78. The number of aryl methyl sites for hydroxylation is 1. The fourth-order valence-corrected chi connectivity index (χ4v) is 2.70. The van der Waals surface area contributed by atoms with Gasteiger partial charge in [-0.2, -0.15) is 0 Å². The zero-order valence-corrected chi connectivity index (χ0v) is 13.1. The van der Waals surface area contributed by atoms with E-state index < -0.39 is 0 Å². The molecule has 0 saturated carbocycles. The molecule has 3 aromatic rings. The van der Waals surface area contributed by atoms with Crippen molar-refractivity contribution in [1.82, 2.24) is 15.5 Å². The van der Waals surface area contributed by atoms with E-state index in [2.05, 4.69) is 15.5 Å². The van der Waals surface area contributed by atoms with Crippen LogP contribution in [0.4, 0.5) is 0 Å². The number of ether oxygens (including phenoxy) is 1. The fourth-order valence-electron chi connectivity index (χ4n) is 2.70. The summed E-state index contributed by atoms with van der Waals surface area (Å²) in [6.45, 7) is 2.64. The summed E-state index contributed by atoms with van der Waals surface area (Å²) in [5, 5.41) is 6.79. The van der Waals surface area contributed by atoms with Crippen LogP contribution >= 0.6 is 0 Å². The topological polar surface area (TPSA) is 77.3 Å². The minimum absolute atomic E-state index is 0.265. The third kappa shape index (κ3) is 2.52. The molecule has 6 heteroatoms. The van der Waals surface area contributed by atoms with Crippen molar-refractivity contribution in [2.45, 2.75) is 20.1 Å². The average Bonchev–Trinajstić information content (AvgIpc) is 3.05. The van der Waals surface area contributed by atoms with E-state index in [4.69, 9.17) is 9.26 Å². The summed E-state index contributed by atoms with van der Waals surface area (Å²) < 4.78 is 11.2. The highest BCUT2D eigenvalue weighted by Crippen LogP contribution is 2.39. The first kappa shape index (κ1) is 14.4. The largest absolute Gasteiger partial charge is 0.488 e. The van der Waals surface area contributed by atoms with Gasteiger partial charge >= 0.3 is 0 Å². The molecule has 0 radical (unpaired) electrons. The Morgan fingerprint density at radius 1 is 1.33 bits per heavy atom. The lowest BCUT2D eigenvalue weighted by Gasteiger charge is -2.16. The van der Waals surface area contributed by atoms with E-state index >= 15 is 0 Å². The molecule has 24 heavy (non-hydrogen) atoms. The zero-order chi connectivity index (χ0) is 16.5. The normalized spacial score (nSPS) is 12.0. The van der Waals surface area contributed by atoms with Crippen molar-refractivity contribution >= 4 is 5.91 Å². The van der Waals surface area contributed by atoms with Gasteiger partial charge in [0.25, 0.3) is 5.91 Å². The molecular formula is C18H15N3O3. The summed E-state index contributed by atoms with van der Waals surface area (Å²) in [6, 6.07) is 9.57. The molecule has 6 nitrogen and oxygen atoms in total. The van der Waals surface area contributed by atoms with Gasteiger partial charge in [-0.1, -0.05) is 22.9 Å². The van der Waals surface area contributed by atoms with Gasteiger partial charge in [-0.05, 0) is 30.7 Å². The lowest BCUT2D eigenvalue weighted by molar-refractivity contribution is 0.0940. The van der Waals surface area contributed by atoms with Crippen LogP contribution in [0, 0.1) is 6.92 Å². The van der Waals surface area contributed by atoms with Crippen LogP contribution in [0.3, 0.4) is 0 Å². The number of hydrogen-bond acceptors (Lipinski definition) is 5. The van der Waals surface area contributed by atoms with E-state index in [9.17, 15) is 4.79 Å². The van der Waals surface area contributed by atoms with Crippen LogP contribution in [0.5, 0.6) is 5.75 Å².